The van der Waals surface area contributed by atoms with E-state index in [9.17, 15) is 22.0 Å². The molecule has 7 heteroatoms. The standard InChI is InChI=1S/C13H6F5IO/c14-8-3-7(4-9(15)5-8)11-2-1-10(6-12(11)19)20-13(16,17)18/h1-6H. The number of benzene rings is 2. The van der Waals surface area contributed by atoms with Gasteiger partial charge in [-0.1, -0.05) is 0 Å². The highest BCUT2D eigenvalue weighted by atomic mass is 127. The van der Waals surface area contributed by atoms with Crippen LogP contribution >= 0.6 is 22.6 Å². The Balaban J connectivity index is 2.39. The van der Waals surface area contributed by atoms with Crippen LogP contribution in [0.2, 0.25) is 0 Å². The van der Waals surface area contributed by atoms with Crippen LogP contribution < -0.4 is 4.74 Å². The van der Waals surface area contributed by atoms with Crippen LogP contribution in [0.25, 0.3) is 11.1 Å². The minimum Gasteiger partial charge on any atom is -0.406 e. The average molecular weight is 400 g/mol. The first-order valence-electron chi connectivity index (χ1n) is 5.26. The van der Waals surface area contributed by atoms with Gasteiger partial charge in [0.25, 0.3) is 0 Å². The van der Waals surface area contributed by atoms with Crippen molar-refractivity contribution in [3.63, 3.8) is 0 Å². The van der Waals surface area contributed by atoms with E-state index < -0.39 is 18.0 Å². The van der Waals surface area contributed by atoms with Gasteiger partial charge in [0.1, 0.15) is 17.4 Å². The second-order valence-electron chi connectivity index (χ2n) is 3.85. The predicted molar refractivity (Wildman–Crippen MR) is 71.2 cm³/mol. The average Bonchev–Trinajstić information content (AvgIpc) is 2.25. The number of rotatable bonds is 2. The zero-order valence-corrected chi connectivity index (χ0v) is 11.8. The van der Waals surface area contributed by atoms with Crippen molar-refractivity contribution >= 4 is 22.6 Å². The molecule has 0 spiro atoms. The van der Waals surface area contributed by atoms with Crippen molar-refractivity contribution in [1.82, 2.24) is 0 Å². The molecule has 1 nitrogen and oxygen atoms in total. The summed E-state index contributed by atoms with van der Waals surface area (Å²) in [6.07, 6.45) is -4.78. The molecule has 0 saturated carbocycles. The Morgan fingerprint density at radius 2 is 1.50 bits per heavy atom. The molecule has 0 atom stereocenters. The lowest BCUT2D eigenvalue weighted by Gasteiger charge is -2.11. The summed E-state index contributed by atoms with van der Waals surface area (Å²) in [4.78, 5) is 0. The number of hydrogen-bond acceptors (Lipinski definition) is 1. The van der Waals surface area contributed by atoms with Crippen LogP contribution in [0.4, 0.5) is 22.0 Å². The summed E-state index contributed by atoms with van der Waals surface area (Å²) < 4.78 is 66.6. The van der Waals surface area contributed by atoms with E-state index in [1.165, 1.54) is 6.07 Å². The van der Waals surface area contributed by atoms with Gasteiger partial charge >= 0.3 is 6.36 Å². The van der Waals surface area contributed by atoms with E-state index >= 15 is 0 Å². The van der Waals surface area contributed by atoms with Crippen molar-refractivity contribution in [3.05, 3.63) is 51.6 Å². The molecule has 0 aliphatic carbocycles. The van der Waals surface area contributed by atoms with Crippen molar-refractivity contribution < 1.29 is 26.7 Å². The first-order valence-corrected chi connectivity index (χ1v) is 6.34. The number of hydrogen-bond donors (Lipinski definition) is 0. The summed E-state index contributed by atoms with van der Waals surface area (Å²) in [6, 6.07) is 6.48. The van der Waals surface area contributed by atoms with Crippen LogP contribution in [0.3, 0.4) is 0 Å². The Morgan fingerprint density at radius 1 is 0.900 bits per heavy atom. The van der Waals surface area contributed by atoms with Crippen LogP contribution in [0.1, 0.15) is 0 Å². The summed E-state index contributed by atoms with van der Waals surface area (Å²) >= 11 is 1.77. The van der Waals surface area contributed by atoms with Crippen LogP contribution in [0.15, 0.2) is 36.4 Å². The zero-order chi connectivity index (χ0) is 14.9. The molecule has 0 heterocycles. The van der Waals surface area contributed by atoms with Crippen molar-refractivity contribution in [3.8, 4) is 16.9 Å². The summed E-state index contributed by atoms with van der Waals surface area (Å²) in [5.74, 6) is -1.90. The summed E-state index contributed by atoms with van der Waals surface area (Å²) in [7, 11) is 0. The summed E-state index contributed by atoms with van der Waals surface area (Å²) in [5.41, 5.74) is 0.656. The fraction of sp³-hybridized carbons (Fsp3) is 0.0769. The topological polar surface area (TPSA) is 9.23 Å². The van der Waals surface area contributed by atoms with Crippen LogP contribution in [-0.2, 0) is 0 Å². The Bertz CT molecular complexity index is 619. The maximum atomic E-state index is 13.1. The van der Waals surface area contributed by atoms with Crippen LogP contribution in [0, 0.1) is 15.2 Å². The molecule has 0 aromatic heterocycles. The molecule has 0 saturated heterocycles. The Hall–Kier alpha value is -1.38. The summed E-state index contributed by atoms with van der Waals surface area (Å²) in [5, 5.41) is 0. The van der Waals surface area contributed by atoms with E-state index in [-0.39, 0.29) is 11.3 Å². The first kappa shape index (κ1) is 15.0. The van der Waals surface area contributed by atoms with E-state index in [1.54, 1.807) is 22.6 Å². The van der Waals surface area contributed by atoms with E-state index in [0.29, 0.717) is 9.13 Å². The molecule has 2 aromatic carbocycles. The van der Waals surface area contributed by atoms with Gasteiger partial charge in [-0.3, -0.25) is 0 Å². The third kappa shape index (κ3) is 3.81. The van der Waals surface area contributed by atoms with Crippen molar-refractivity contribution in [1.29, 1.82) is 0 Å². The fourth-order valence-corrected chi connectivity index (χ4v) is 2.43. The monoisotopic (exact) mass is 400 g/mol. The Morgan fingerprint density at radius 3 is 2.00 bits per heavy atom. The number of alkyl halides is 3. The van der Waals surface area contributed by atoms with Gasteiger partial charge in [0, 0.05) is 9.64 Å². The molecular formula is C13H6F5IO. The molecule has 20 heavy (non-hydrogen) atoms. The second kappa shape index (κ2) is 5.55. The van der Waals surface area contributed by atoms with E-state index in [4.69, 9.17) is 0 Å². The normalized spacial score (nSPS) is 11.5. The van der Waals surface area contributed by atoms with Crippen molar-refractivity contribution in [2.24, 2.45) is 0 Å². The van der Waals surface area contributed by atoms with E-state index in [2.05, 4.69) is 4.74 Å². The SMILES string of the molecule is Fc1cc(F)cc(-c2ccc(OC(F)(F)F)cc2I)c1. The van der Waals surface area contributed by atoms with Crippen molar-refractivity contribution in [2.75, 3.05) is 0 Å². The Kier molecular flexibility index (Phi) is 4.17. The molecule has 0 aliphatic heterocycles. The lowest BCUT2D eigenvalue weighted by atomic mass is 10.1. The molecule has 0 radical (unpaired) electrons. The first-order chi connectivity index (χ1) is 9.24. The molecule has 0 bridgehead atoms. The molecule has 2 rings (SSSR count). The highest BCUT2D eigenvalue weighted by molar-refractivity contribution is 14.1. The number of halogens is 6. The molecule has 0 fully saturated rings. The molecule has 0 amide bonds. The largest absolute Gasteiger partial charge is 0.573 e. The third-order valence-electron chi connectivity index (χ3n) is 2.35. The van der Waals surface area contributed by atoms with Gasteiger partial charge in [-0.25, -0.2) is 8.78 Å². The maximum Gasteiger partial charge on any atom is 0.573 e. The molecule has 2 aromatic rings. The van der Waals surface area contributed by atoms with E-state index in [1.807, 2.05) is 0 Å². The summed E-state index contributed by atoms with van der Waals surface area (Å²) in [6.45, 7) is 0. The van der Waals surface area contributed by atoms with Gasteiger partial charge in [0.15, 0.2) is 0 Å². The van der Waals surface area contributed by atoms with Crippen molar-refractivity contribution in [2.45, 2.75) is 6.36 Å². The molecule has 0 aliphatic rings. The van der Waals surface area contributed by atoms with Crippen LogP contribution in [0.5, 0.6) is 5.75 Å². The predicted octanol–water partition coefficient (Wildman–Crippen LogP) is 5.14. The fourth-order valence-electron chi connectivity index (χ4n) is 1.64. The Labute approximate surface area is 124 Å². The van der Waals surface area contributed by atoms with E-state index in [0.717, 1.165) is 30.3 Å². The second-order valence-corrected chi connectivity index (χ2v) is 5.01. The minimum atomic E-state index is -4.78. The quantitative estimate of drug-likeness (QED) is 0.502. The lowest BCUT2D eigenvalue weighted by molar-refractivity contribution is -0.274. The van der Waals surface area contributed by atoms with Gasteiger partial charge in [0.2, 0.25) is 0 Å². The zero-order valence-electron chi connectivity index (χ0n) is 9.64. The highest BCUT2D eigenvalue weighted by Crippen LogP contribution is 2.31. The molecule has 0 unspecified atom stereocenters. The highest BCUT2D eigenvalue weighted by Gasteiger charge is 2.31. The lowest BCUT2D eigenvalue weighted by Crippen LogP contribution is -2.17. The smallest absolute Gasteiger partial charge is 0.406 e. The van der Waals surface area contributed by atoms with Gasteiger partial charge in [-0.15, -0.1) is 13.2 Å². The van der Waals surface area contributed by atoms with Gasteiger partial charge in [-0.05, 0) is 64.0 Å². The molecule has 0 N–H and O–H groups in total. The van der Waals surface area contributed by atoms with Gasteiger partial charge in [-0.2, -0.15) is 0 Å². The van der Waals surface area contributed by atoms with Crippen LogP contribution in [-0.4, -0.2) is 6.36 Å². The third-order valence-corrected chi connectivity index (χ3v) is 3.24. The number of ether oxygens (including phenoxy) is 1. The maximum absolute atomic E-state index is 13.1. The van der Waals surface area contributed by atoms with Gasteiger partial charge < -0.3 is 4.74 Å². The molecule has 106 valence electrons. The molecular weight excluding hydrogens is 394 g/mol. The van der Waals surface area contributed by atoms with Gasteiger partial charge in [0.05, 0.1) is 0 Å². The minimum absolute atomic E-state index is 0.241.